The van der Waals surface area contributed by atoms with Crippen LogP contribution in [0.3, 0.4) is 0 Å². The highest BCUT2D eigenvalue weighted by atomic mass is 127. The highest BCUT2D eigenvalue weighted by Gasteiger charge is 2.19. The number of hydrogen-bond acceptors (Lipinski definition) is 4. The Morgan fingerprint density at radius 1 is 1.30 bits per heavy atom. The minimum atomic E-state index is 0. The molecule has 0 atom stereocenters. The number of thiazole rings is 1. The Labute approximate surface area is 180 Å². The van der Waals surface area contributed by atoms with Gasteiger partial charge in [-0.2, -0.15) is 0 Å². The Balaban J connectivity index is 0.00000210. The molecule has 1 aromatic carbocycles. The molecule has 1 aliphatic rings. The molecule has 0 unspecified atom stereocenters. The van der Waals surface area contributed by atoms with E-state index in [-0.39, 0.29) is 24.0 Å². The summed E-state index contributed by atoms with van der Waals surface area (Å²) in [4.78, 5) is 16.8. The van der Waals surface area contributed by atoms with Gasteiger partial charge in [0.05, 0.1) is 0 Å². The van der Waals surface area contributed by atoms with Crippen molar-refractivity contribution >= 4 is 57.3 Å². The zero-order valence-electron chi connectivity index (χ0n) is 15.4. The lowest BCUT2D eigenvalue weighted by Crippen LogP contribution is -2.51. The van der Waals surface area contributed by atoms with Gasteiger partial charge in [-0.25, -0.2) is 4.98 Å². The van der Waals surface area contributed by atoms with Crippen molar-refractivity contribution in [3.05, 3.63) is 47.1 Å². The molecule has 1 aliphatic heterocycles. The number of fused-ring (bicyclic) bond motifs is 1. The van der Waals surface area contributed by atoms with E-state index in [1.807, 2.05) is 11.6 Å². The fourth-order valence-electron chi connectivity index (χ4n) is 3.46. The Morgan fingerprint density at radius 3 is 2.85 bits per heavy atom. The topological polar surface area (TPSA) is 73.5 Å². The van der Waals surface area contributed by atoms with Crippen molar-refractivity contribution in [3.8, 4) is 0 Å². The first-order valence-corrected chi connectivity index (χ1v) is 9.85. The van der Waals surface area contributed by atoms with Gasteiger partial charge >= 0.3 is 0 Å². The molecule has 8 heteroatoms. The van der Waals surface area contributed by atoms with Gasteiger partial charge in [-0.1, -0.05) is 18.2 Å². The molecule has 0 spiro atoms. The Kier molecular flexibility index (Phi) is 6.59. The maximum Gasteiger partial charge on any atom is 0.191 e. The predicted molar refractivity (Wildman–Crippen MR) is 125 cm³/mol. The zero-order chi connectivity index (χ0) is 17.9. The summed E-state index contributed by atoms with van der Waals surface area (Å²) < 4.78 is 0. The number of aromatic nitrogens is 2. The summed E-state index contributed by atoms with van der Waals surface area (Å²) in [6.07, 6.45) is 4.84. The molecule has 3 heterocycles. The van der Waals surface area contributed by atoms with Gasteiger partial charge in [-0.15, -0.1) is 35.3 Å². The number of nitrogens with one attached hydrogen (secondary N) is 1. The molecular formula is C19H25IN6S. The van der Waals surface area contributed by atoms with Gasteiger partial charge in [0.1, 0.15) is 0 Å². The molecule has 3 N–H and O–H groups in total. The van der Waals surface area contributed by atoms with E-state index in [0.717, 1.165) is 37.7 Å². The number of halogens is 1. The summed E-state index contributed by atoms with van der Waals surface area (Å²) in [5.41, 5.74) is 10.0. The van der Waals surface area contributed by atoms with Crippen molar-refractivity contribution in [1.29, 1.82) is 0 Å². The number of piperazine rings is 1. The smallest absolute Gasteiger partial charge is 0.191 e. The molecule has 27 heavy (non-hydrogen) atoms. The molecule has 2 aromatic heterocycles. The molecule has 4 rings (SSSR count). The molecule has 0 radical (unpaired) electrons. The number of para-hydroxylation sites is 1. The van der Waals surface area contributed by atoms with Crippen molar-refractivity contribution in [3.63, 3.8) is 0 Å². The van der Waals surface area contributed by atoms with Gasteiger partial charge in [0, 0.05) is 61.4 Å². The standard InChI is InChI=1S/C19H24N6S.HI/c1-14-3-2-4-16-15(13-23-17(14)16)5-6-21-18(20)24-8-10-25(11-9-24)19-22-7-12-26-19;/h2-4,7,12-13,23H,5-6,8-11H2,1H3,(H2,20,21);1H. The molecule has 1 fully saturated rings. The van der Waals surface area contributed by atoms with E-state index >= 15 is 0 Å². The van der Waals surface area contributed by atoms with E-state index in [1.54, 1.807) is 11.3 Å². The Hall–Kier alpha value is -1.81. The minimum Gasteiger partial charge on any atom is -0.370 e. The average Bonchev–Trinajstić information content (AvgIpc) is 3.33. The van der Waals surface area contributed by atoms with Gasteiger partial charge in [0.25, 0.3) is 0 Å². The molecule has 0 amide bonds. The quantitative estimate of drug-likeness (QED) is 0.331. The van der Waals surface area contributed by atoms with E-state index in [9.17, 15) is 0 Å². The third kappa shape index (κ3) is 4.37. The van der Waals surface area contributed by atoms with Crippen molar-refractivity contribution in [2.45, 2.75) is 13.3 Å². The van der Waals surface area contributed by atoms with Crippen LogP contribution in [0.2, 0.25) is 0 Å². The first kappa shape index (κ1) is 19.9. The normalized spacial score (nSPS) is 15.2. The lowest BCUT2D eigenvalue weighted by molar-refractivity contribution is 0.380. The number of anilines is 1. The van der Waals surface area contributed by atoms with E-state index in [2.05, 4.69) is 56.1 Å². The second-order valence-electron chi connectivity index (χ2n) is 6.59. The molecule has 1 saturated heterocycles. The number of rotatable bonds is 4. The third-order valence-corrected chi connectivity index (χ3v) is 5.79. The molecule has 6 nitrogen and oxygen atoms in total. The summed E-state index contributed by atoms with van der Waals surface area (Å²) in [5.74, 6) is 0.653. The highest BCUT2D eigenvalue weighted by Crippen LogP contribution is 2.22. The molecule has 0 aliphatic carbocycles. The van der Waals surface area contributed by atoms with E-state index in [4.69, 9.17) is 5.73 Å². The lowest BCUT2D eigenvalue weighted by atomic mass is 10.1. The Morgan fingerprint density at radius 2 is 2.11 bits per heavy atom. The van der Waals surface area contributed by atoms with Crippen LogP contribution in [0.5, 0.6) is 0 Å². The van der Waals surface area contributed by atoms with E-state index in [0.29, 0.717) is 12.5 Å². The second-order valence-corrected chi connectivity index (χ2v) is 7.46. The Bertz CT molecular complexity index is 896. The van der Waals surface area contributed by atoms with Crippen LogP contribution in [0.25, 0.3) is 10.9 Å². The first-order valence-electron chi connectivity index (χ1n) is 8.97. The summed E-state index contributed by atoms with van der Waals surface area (Å²) >= 11 is 1.69. The average molecular weight is 496 g/mol. The molecule has 3 aromatic rings. The van der Waals surface area contributed by atoms with Crippen molar-refractivity contribution < 1.29 is 0 Å². The molecule has 144 valence electrons. The van der Waals surface area contributed by atoms with Crippen LogP contribution in [0, 0.1) is 6.92 Å². The number of hydrogen-bond donors (Lipinski definition) is 2. The summed E-state index contributed by atoms with van der Waals surface area (Å²) in [5, 5.41) is 4.40. The van der Waals surface area contributed by atoms with Crippen LogP contribution in [0.1, 0.15) is 11.1 Å². The largest absolute Gasteiger partial charge is 0.370 e. The van der Waals surface area contributed by atoms with Gasteiger partial charge in [0.2, 0.25) is 0 Å². The highest BCUT2D eigenvalue weighted by molar-refractivity contribution is 14.0. The van der Waals surface area contributed by atoms with E-state index in [1.165, 1.54) is 22.0 Å². The number of nitrogens with zero attached hydrogens (tertiary/aromatic N) is 4. The molecular weight excluding hydrogens is 471 g/mol. The van der Waals surface area contributed by atoms with Gasteiger partial charge in [-0.05, 0) is 24.5 Å². The number of aromatic amines is 1. The number of guanidine groups is 1. The monoisotopic (exact) mass is 496 g/mol. The van der Waals surface area contributed by atoms with E-state index < -0.39 is 0 Å². The number of aryl methyl sites for hydroxylation is 1. The summed E-state index contributed by atoms with van der Waals surface area (Å²) in [7, 11) is 0. The van der Waals surface area contributed by atoms with Crippen LogP contribution in [0.4, 0.5) is 5.13 Å². The number of aliphatic imine (C=N–C) groups is 1. The van der Waals surface area contributed by atoms with Crippen molar-refractivity contribution in [2.75, 3.05) is 37.6 Å². The molecule has 0 saturated carbocycles. The van der Waals surface area contributed by atoms with Gasteiger partial charge < -0.3 is 20.5 Å². The fraction of sp³-hybridized carbons (Fsp3) is 0.368. The summed E-state index contributed by atoms with van der Waals surface area (Å²) in [6, 6.07) is 6.40. The van der Waals surface area contributed by atoms with Crippen LogP contribution < -0.4 is 10.6 Å². The maximum absolute atomic E-state index is 6.23. The van der Waals surface area contributed by atoms with Crippen molar-refractivity contribution in [2.24, 2.45) is 10.7 Å². The first-order chi connectivity index (χ1) is 12.7. The third-order valence-electron chi connectivity index (χ3n) is 4.96. The second kappa shape index (κ2) is 8.92. The van der Waals surface area contributed by atoms with Gasteiger partial charge in [-0.3, -0.25) is 4.99 Å². The van der Waals surface area contributed by atoms with Crippen LogP contribution in [-0.4, -0.2) is 53.6 Å². The minimum absolute atomic E-state index is 0. The van der Waals surface area contributed by atoms with Crippen LogP contribution >= 0.6 is 35.3 Å². The SMILES string of the molecule is Cc1cccc2c(CCN=C(N)N3CCN(c4nccs4)CC3)c[nH]c12.I. The van der Waals surface area contributed by atoms with Crippen LogP contribution in [-0.2, 0) is 6.42 Å². The van der Waals surface area contributed by atoms with Crippen LogP contribution in [0.15, 0.2) is 41.0 Å². The molecule has 0 bridgehead atoms. The number of benzene rings is 1. The zero-order valence-corrected chi connectivity index (χ0v) is 18.5. The van der Waals surface area contributed by atoms with Crippen molar-refractivity contribution in [1.82, 2.24) is 14.9 Å². The number of nitrogens with two attached hydrogens (primary N) is 1. The lowest BCUT2D eigenvalue weighted by Gasteiger charge is -2.35. The predicted octanol–water partition coefficient (Wildman–Crippen LogP) is 3.23. The maximum atomic E-state index is 6.23. The van der Waals surface area contributed by atoms with Gasteiger partial charge in [0.15, 0.2) is 11.1 Å². The fourth-order valence-corrected chi connectivity index (χ4v) is 4.16. The summed E-state index contributed by atoms with van der Waals surface area (Å²) in [6.45, 7) is 6.49. The number of H-pyrrole nitrogens is 1.